The van der Waals surface area contributed by atoms with Crippen molar-refractivity contribution in [2.24, 2.45) is 5.84 Å². The highest BCUT2D eigenvalue weighted by atomic mass is 16.3. The van der Waals surface area contributed by atoms with Gasteiger partial charge in [0.15, 0.2) is 5.82 Å². The second-order valence-electron chi connectivity index (χ2n) is 4.19. The predicted molar refractivity (Wildman–Crippen MR) is 66.4 cm³/mol. The van der Waals surface area contributed by atoms with E-state index in [2.05, 4.69) is 29.2 Å². The van der Waals surface area contributed by atoms with E-state index in [-0.39, 0.29) is 0 Å². The van der Waals surface area contributed by atoms with E-state index in [1.807, 2.05) is 19.1 Å². The Morgan fingerprint density at radius 1 is 1.35 bits per heavy atom. The molecule has 3 N–H and O–H groups in total. The summed E-state index contributed by atoms with van der Waals surface area (Å²) in [6.07, 6.45) is 1.63. The lowest BCUT2D eigenvalue weighted by molar-refractivity contribution is 0.535. The van der Waals surface area contributed by atoms with E-state index < -0.39 is 0 Å². The molecule has 0 aromatic carbocycles. The topological polar surface area (TPSA) is 77.0 Å². The van der Waals surface area contributed by atoms with Gasteiger partial charge in [-0.15, -0.1) is 0 Å². The van der Waals surface area contributed by atoms with Crippen molar-refractivity contribution in [2.75, 3.05) is 5.43 Å². The lowest BCUT2D eigenvalue weighted by Crippen LogP contribution is -2.11. The average molecular weight is 232 g/mol. The number of nitrogens with zero attached hydrogens (tertiary/aromatic N) is 2. The molecule has 0 aliphatic carbocycles. The van der Waals surface area contributed by atoms with Crippen molar-refractivity contribution in [1.29, 1.82) is 0 Å². The maximum atomic E-state index is 5.42. The van der Waals surface area contributed by atoms with E-state index in [9.17, 15) is 0 Å². The van der Waals surface area contributed by atoms with E-state index in [4.69, 9.17) is 10.3 Å². The normalized spacial score (nSPS) is 10.9. The first kappa shape index (κ1) is 11.6. The Bertz CT molecular complexity index is 519. The number of aryl methyl sites for hydroxylation is 1. The summed E-state index contributed by atoms with van der Waals surface area (Å²) in [6.45, 7) is 6.04. The number of nitrogen functional groups attached to an aromatic ring is 1. The van der Waals surface area contributed by atoms with Crippen LogP contribution in [0.3, 0.4) is 0 Å². The van der Waals surface area contributed by atoms with E-state index in [0.717, 1.165) is 17.0 Å². The van der Waals surface area contributed by atoms with Crippen LogP contribution in [0.15, 0.2) is 22.8 Å². The highest BCUT2D eigenvalue weighted by Crippen LogP contribution is 2.24. The third-order valence-corrected chi connectivity index (χ3v) is 2.59. The molecular formula is C12H16N4O. The van der Waals surface area contributed by atoms with Gasteiger partial charge in [-0.2, -0.15) is 0 Å². The molecule has 2 aromatic heterocycles. The van der Waals surface area contributed by atoms with Crippen LogP contribution in [0.5, 0.6) is 0 Å². The molecule has 2 rings (SSSR count). The molecule has 2 aromatic rings. The van der Waals surface area contributed by atoms with Crippen LogP contribution in [0.2, 0.25) is 0 Å². The van der Waals surface area contributed by atoms with Gasteiger partial charge in [-0.05, 0) is 18.9 Å². The highest BCUT2D eigenvalue weighted by Gasteiger charge is 2.12. The molecule has 0 aliphatic heterocycles. The van der Waals surface area contributed by atoms with E-state index in [0.29, 0.717) is 17.6 Å². The van der Waals surface area contributed by atoms with Crippen LogP contribution in [0, 0.1) is 6.92 Å². The van der Waals surface area contributed by atoms with Crippen molar-refractivity contribution in [3.63, 3.8) is 0 Å². The summed E-state index contributed by atoms with van der Waals surface area (Å²) < 4.78 is 5.26. The fraction of sp³-hybridized carbons (Fsp3) is 0.333. The minimum atomic E-state index is 0.316. The molecule has 0 atom stereocenters. The second kappa shape index (κ2) is 4.55. The molecule has 2 heterocycles. The van der Waals surface area contributed by atoms with Gasteiger partial charge in [0.05, 0.1) is 11.8 Å². The summed E-state index contributed by atoms with van der Waals surface area (Å²) in [5, 5.41) is 0. The number of rotatable bonds is 3. The van der Waals surface area contributed by atoms with Crippen molar-refractivity contribution in [3.8, 4) is 11.4 Å². The smallest absolute Gasteiger partial charge is 0.165 e. The van der Waals surface area contributed by atoms with Crippen LogP contribution in [0.25, 0.3) is 11.4 Å². The Morgan fingerprint density at radius 2 is 2.12 bits per heavy atom. The zero-order valence-electron chi connectivity index (χ0n) is 10.2. The summed E-state index contributed by atoms with van der Waals surface area (Å²) in [6, 6.07) is 3.71. The molecule has 0 unspecified atom stereocenters. The number of hydrogen-bond donors (Lipinski definition) is 2. The first-order chi connectivity index (χ1) is 8.11. The van der Waals surface area contributed by atoms with Gasteiger partial charge >= 0.3 is 0 Å². The molecule has 5 nitrogen and oxygen atoms in total. The number of nitrogens with two attached hydrogens (primary N) is 1. The lowest BCUT2D eigenvalue weighted by Gasteiger charge is -2.09. The van der Waals surface area contributed by atoms with Crippen LogP contribution in [-0.4, -0.2) is 9.97 Å². The Morgan fingerprint density at radius 3 is 2.65 bits per heavy atom. The first-order valence-electron chi connectivity index (χ1n) is 5.52. The number of furan rings is 1. The maximum Gasteiger partial charge on any atom is 0.165 e. The molecular weight excluding hydrogens is 216 g/mol. The molecule has 0 saturated carbocycles. The lowest BCUT2D eigenvalue weighted by atomic mass is 10.1. The van der Waals surface area contributed by atoms with Gasteiger partial charge in [-0.25, -0.2) is 15.8 Å². The number of hydrogen-bond acceptors (Lipinski definition) is 5. The number of nitrogens with one attached hydrogen (secondary N) is 1. The van der Waals surface area contributed by atoms with E-state index >= 15 is 0 Å². The molecule has 0 saturated heterocycles. The minimum Gasteiger partial charge on any atom is -0.469 e. The van der Waals surface area contributed by atoms with Crippen LogP contribution in [0.4, 0.5) is 5.82 Å². The van der Waals surface area contributed by atoms with Crippen LogP contribution < -0.4 is 11.3 Å². The molecule has 5 heteroatoms. The Balaban J connectivity index is 2.54. The Hall–Kier alpha value is -1.88. The Kier molecular flexibility index (Phi) is 3.10. The summed E-state index contributed by atoms with van der Waals surface area (Å²) in [4.78, 5) is 8.85. The van der Waals surface area contributed by atoms with Crippen molar-refractivity contribution >= 4 is 5.82 Å². The van der Waals surface area contributed by atoms with Gasteiger partial charge in [0.1, 0.15) is 11.6 Å². The van der Waals surface area contributed by atoms with E-state index in [1.165, 1.54) is 0 Å². The first-order valence-corrected chi connectivity index (χ1v) is 5.52. The van der Waals surface area contributed by atoms with Gasteiger partial charge in [-0.3, -0.25) is 0 Å². The Labute approximate surface area is 100 Å². The average Bonchev–Trinajstić information content (AvgIpc) is 2.74. The number of hydrazine groups is 1. The fourth-order valence-electron chi connectivity index (χ4n) is 1.57. The van der Waals surface area contributed by atoms with Gasteiger partial charge in [0, 0.05) is 11.8 Å². The van der Waals surface area contributed by atoms with Crippen molar-refractivity contribution < 1.29 is 4.42 Å². The highest BCUT2D eigenvalue weighted by molar-refractivity contribution is 5.59. The third-order valence-electron chi connectivity index (χ3n) is 2.59. The molecule has 0 fully saturated rings. The summed E-state index contributed by atoms with van der Waals surface area (Å²) in [5.74, 6) is 7.78. The monoisotopic (exact) mass is 232 g/mol. The van der Waals surface area contributed by atoms with Crippen LogP contribution >= 0.6 is 0 Å². The summed E-state index contributed by atoms with van der Waals surface area (Å²) in [5.41, 5.74) is 4.40. The van der Waals surface area contributed by atoms with Gasteiger partial charge in [0.25, 0.3) is 0 Å². The van der Waals surface area contributed by atoms with E-state index in [1.54, 1.807) is 6.26 Å². The largest absolute Gasteiger partial charge is 0.469 e. The number of anilines is 1. The second-order valence-corrected chi connectivity index (χ2v) is 4.19. The van der Waals surface area contributed by atoms with Crippen molar-refractivity contribution in [3.05, 3.63) is 29.9 Å². The quantitative estimate of drug-likeness (QED) is 0.628. The molecule has 0 spiro atoms. The third kappa shape index (κ3) is 2.29. The standard InChI is InChI=1S/C12H16N4O/c1-7(2)10-6-11(16-13)15-12(14-10)9-4-5-17-8(9)3/h4-7H,13H2,1-3H3,(H,14,15,16). The van der Waals surface area contributed by atoms with Crippen LogP contribution in [-0.2, 0) is 0 Å². The predicted octanol–water partition coefficient (Wildman–Crippen LogP) is 2.45. The summed E-state index contributed by atoms with van der Waals surface area (Å²) >= 11 is 0. The van der Waals surface area contributed by atoms with Crippen LogP contribution in [0.1, 0.15) is 31.2 Å². The minimum absolute atomic E-state index is 0.316. The molecule has 17 heavy (non-hydrogen) atoms. The number of aromatic nitrogens is 2. The van der Waals surface area contributed by atoms with Gasteiger partial charge < -0.3 is 9.84 Å². The zero-order valence-corrected chi connectivity index (χ0v) is 10.2. The molecule has 0 aliphatic rings. The maximum absolute atomic E-state index is 5.42. The van der Waals surface area contributed by atoms with Crippen molar-refractivity contribution in [2.45, 2.75) is 26.7 Å². The molecule has 90 valence electrons. The summed E-state index contributed by atoms with van der Waals surface area (Å²) in [7, 11) is 0. The molecule has 0 amide bonds. The zero-order chi connectivity index (χ0) is 12.4. The van der Waals surface area contributed by atoms with Crippen molar-refractivity contribution in [1.82, 2.24) is 9.97 Å². The fourth-order valence-corrected chi connectivity index (χ4v) is 1.57. The molecule has 0 radical (unpaired) electrons. The molecule has 0 bridgehead atoms. The van der Waals surface area contributed by atoms with Gasteiger partial charge in [-0.1, -0.05) is 13.8 Å². The van der Waals surface area contributed by atoms with Gasteiger partial charge in [0.2, 0.25) is 0 Å². The SMILES string of the molecule is Cc1occc1-c1nc(NN)cc(C(C)C)n1.